The van der Waals surface area contributed by atoms with E-state index in [4.69, 9.17) is 4.74 Å². The Morgan fingerprint density at radius 2 is 2.25 bits per heavy atom. The molecule has 1 amide bonds. The first-order valence-corrected chi connectivity index (χ1v) is 10.3. The van der Waals surface area contributed by atoms with Crippen molar-refractivity contribution in [2.45, 2.75) is 6.92 Å². The van der Waals surface area contributed by atoms with Crippen molar-refractivity contribution < 1.29 is 9.53 Å². The number of carbonyl (C=O) groups is 1. The predicted molar refractivity (Wildman–Crippen MR) is 115 cm³/mol. The van der Waals surface area contributed by atoms with Crippen molar-refractivity contribution in [3.8, 4) is 17.0 Å². The van der Waals surface area contributed by atoms with E-state index >= 15 is 0 Å². The summed E-state index contributed by atoms with van der Waals surface area (Å²) < 4.78 is 7.26. The zero-order chi connectivity index (χ0) is 19.5. The number of amides is 1. The summed E-state index contributed by atoms with van der Waals surface area (Å²) in [6, 6.07) is 9.83. The maximum Gasteiger partial charge on any atom is 0.262 e. The van der Waals surface area contributed by atoms with Crippen LogP contribution in [-0.2, 0) is 4.79 Å². The highest BCUT2D eigenvalue weighted by atomic mass is 32.1. The normalized spacial score (nSPS) is 14.0. The number of thiophene rings is 1. The van der Waals surface area contributed by atoms with Crippen LogP contribution in [0.25, 0.3) is 11.3 Å². The van der Waals surface area contributed by atoms with Crippen LogP contribution in [0.2, 0.25) is 0 Å². The van der Waals surface area contributed by atoms with Crippen LogP contribution in [0, 0.1) is 6.92 Å². The molecule has 0 unspecified atom stereocenters. The van der Waals surface area contributed by atoms with Crippen LogP contribution in [0.4, 0.5) is 5.69 Å². The number of aryl methyl sites for hydroxylation is 1. The molecule has 0 radical (unpaired) electrons. The van der Waals surface area contributed by atoms with Gasteiger partial charge < -0.3 is 10.1 Å². The van der Waals surface area contributed by atoms with Gasteiger partial charge in [0.2, 0.25) is 4.80 Å². The summed E-state index contributed by atoms with van der Waals surface area (Å²) in [5.41, 5.74) is 2.47. The van der Waals surface area contributed by atoms with E-state index in [9.17, 15) is 4.79 Å². The molecule has 0 bridgehead atoms. The lowest BCUT2D eigenvalue weighted by Crippen LogP contribution is -2.25. The maximum absolute atomic E-state index is 11.6. The Balaban J connectivity index is 1.78. The third-order valence-corrected chi connectivity index (χ3v) is 5.80. The van der Waals surface area contributed by atoms with Gasteiger partial charge in [-0.25, -0.2) is 4.68 Å². The highest BCUT2D eigenvalue weighted by molar-refractivity contribution is 7.13. The van der Waals surface area contributed by atoms with Gasteiger partial charge >= 0.3 is 0 Å². The molecule has 0 atom stereocenters. The molecule has 6 nitrogen and oxygen atoms in total. The minimum Gasteiger partial charge on any atom is -0.482 e. The second-order valence-corrected chi connectivity index (χ2v) is 8.24. The number of hydrogen-bond acceptors (Lipinski definition) is 6. The average molecular weight is 411 g/mol. The molecule has 8 heteroatoms. The van der Waals surface area contributed by atoms with Gasteiger partial charge in [-0.1, -0.05) is 6.08 Å². The molecule has 1 aliphatic rings. The fourth-order valence-electron chi connectivity index (χ4n) is 2.74. The maximum atomic E-state index is 11.6. The van der Waals surface area contributed by atoms with E-state index in [1.165, 1.54) is 16.2 Å². The number of nitrogens with zero attached hydrogens (tertiary/aromatic N) is 3. The molecule has 3 heterocycles. The van der Waals surface area contributed by atoms with Crippen LogP contribution >= 0.6 is 22.7 Å². The van der Waals surface area contributed by atoms with Gasteiger partial charge in [0.25, 0.3) is 5.91 Å². The quantitative estimate of drug-likeness (QED) is 0.512. The van der Waals surface area contributed by atoms with Gasteiger partial charge in [0.1, 0.15) is 5.75 Å². The summed E-state index contributed by atoms with van der Waals surface area (Å²) in [6.45, 7) is 6.36. The van der Waals surface area contributed by atoms with E-state index < -0.39 is 0 Å². The van der Waals surface area contributed by atoms with Crippen LogP contribution in [0.5, 0.6) is 5.75 Å². The smallest absolute Gasteiger partial charge is 0.262 e. The van der Waals surface area contributed by atoms with Crippen molar-refractivity contribution in [3.05, 3.63) is 62.9 Å². The number of nitrogens with one attached hydrogen (secondary N) is 1. The van der Waals surface area contributed by atoms with Crippen molar-refractivity contribution in [2.75, 3.05) is 18.5 Å². The molecule has 2 aromatic heterocycles. The molecule has 28 heavy (non-hydrogen) atoms. The van der Waals surface area contributed by atoms with E-state index in [0.717, 1.165) is 20.9 Å². The minimum absolute atomic E-state index is 0.0416. The molecule has 142 valence electrons. The van der Waals surface area contributed by atoms with E-state index in [-0.39, 0.29) is 12.5 Å². The Labute approximate surface area is 170 Å². The van der Waals surface area contributed by atoms with Crippen molar-refractivity contribution in [3.63, 3.8) is 0 Å². The summed E-state index contributed by atoms with van der Waals surface area (Å²) in [5.74, 6) is 0.509. The van der Waals surface area contributed by atoms with Gasteiger partial charge in [0, 0.05) is 20.7 Å². The molecular formula is C20H18N4O2S2. The Morgan fingerprint density at radius 3 is 3.04 bits per heavy atom. The molecule has 4 rings (SSSR count). The molecule has 0 spiro atoms. The lowest BCUT2D eigenvalue weighted by molar-refractivity contribution is -0.118. The largest absolute Gasteiger partial charge is 0.482 e. The summed E-state index contributed by atoms with van der Waals surface area (Å²) >= 11 is 3.19. The van der Waals surface area contributed by atoms with Crippen LogP contribution in [-0.4, -0.2) is 29.9 Å². The van der Waals surface area contributed by atoms with Crippen LogP contribution in [0.15, 0.2) is 58.5 Å². The highest BCUT2D eigenvalue weighted by Crippen LogP contribution is 2.32. The number of rotatable bonds is 5. The first-order chi connectivity index (χ1) is 13.6. The lowest BCUT2D eigenvalue weighted by Gasteiger charge is -2.18. The fourth-order valence-corrected chi connectivity index (χ4v) is 4.33. The number of fused-ring (bicyclic) bond motifs is 1. The average Bonchev–Trinajstić information content (AvgIpc) is 3.29. The Kier molecular flexibility index (Phi) is 5.23. The second-order valence-electron chi connectivity index (χ2n) is 6.09. The number of benzene rings is 1. The zero-order valence-corrected chi connectivity index (χ0v) is 16.8. The van der Waals surface area contributed by atoms with E-state index in [1.807, 2.05) is 40.5 Å². The van der Waals surface area contributed by atoms with Gasteiger partial charge in [0.15, 0.2) is 6.61 Å². The topological polar surface area (TPSA) is 68.0 Å². The zero-order valence-electron chi connectivity index (χ0n) is 15.2. The molecular weight excluding hydrogens is 392 g/mol. The van der Waals surface area contributed by atoms with Gasteiger partial charge in [-0.15, -0.1) is 29.3 Å². The lowest BCUT2D eigenvalue weighted by atomic mass is 10.1. The number of hydrogen-bond donors (Lipinski definition) is 1. The number of thiazole rings is 1. The van der Waals surface area contributed by atoms with E-state index in [1.54, 1.807) is 17.4 Å². The second kappa shape index (κ2) is 7.95. The van der Waals surface area contributed by atoms with Crippen molar-refractivity contribution >= 4 is 40.5 Å². The molecule has 1 aliphatic heterocycles. The van der Waals surface area contributed by atoms with Gasteiger partial charge in [-0.05, 0) is 37.3 Å². The first kappa shape index (κ1) is 18.4. The molecule has 0 saturated heterocycles. The minimum atomic E-state index is -0.157. The van der Waals surface area contributed by atoms with Crippen LogP contribution < -0.4 is 14.9 Å². The summed E-state index contributed by atoms with van der Waals surface area (Å²) in [5, 5.41) is 9.53. The Hall–Kier alpha value is -2.97. The third kappa shape index (κ3) is 3.83. The summed E-state index contributed by atoms with van der Waals surface area (Å²) in [4.78, 5) is 19.3. The van der Waals surface area contributed by atoms with Crippen molar-refractivity contribution in [1.82, 2.24) is 4.68 Å². The standard InChI is InChI=1S/C20H18N4O2S2/c1-3-8-21-20-24(22-10-15-6-4-13(2)28-15)17(12-27-20)14-5-7-18-16(9-14)23-19(25)11-26-18/h3-7,9-10,12H,1,8,11H2,2H3,(H,23,25). The molecule has 1 aromatic carbocycles. The SMILES string of the molecule is C=CCN=c1scc(-c2ccc3c(c2)NC(=O)CO3)n1N=Cc1ccc(C)s1. The van der Waals surface area contributed by atoms with Gasteiger partial charge in [-0.3, -0.25) is 9.79 Å². The molecule has 0 aliphatic carbocycles. The van der Waals surface area contributed by atoms with Gasteiger partial charge in [-0.2, -0.15) is 5.10 Å². The number of aromatic nitrogens is 1. The third-order valence-electron chi connectivity index (χ3n) is 4.01. The first-order valence-electron chi connectivity index (χ1n) is 8.64. The van der Waals surface area contributed by atoms with Gasteiger partial charge in [0.05, 0.1) is 24.1 Å². The Bertz CT molecular complexity index is 1140. The summed E-state index contributed by atoms with van der Waals surface area (Å²) in [6.07, 6.45) is 3.59. The molecule has 1 N–H and O–H groups in total. The molecule has 3 aromatic rings. The van der Waals surface area contributed by atoms with E-state index in [2.05, 4.69) is 35.0 Å². The van der Waals surface area contributed by atoms with Crippen LogP contribution in [0.1, 0.15) is 9.75 Å². The number of ether oxygens (including phenoxy) is 1. The molecule has 0 fully saturated rings. The van der Waals surface area contributed by atoms with E-state index in [0.29, 0.717) is 18.0 Å². The van der Waals surface area contributed by atoms with Crippen LogP contribution in [0.3, 0.4) is 0 Å². The van der Waals surface area contributed by atoms with Crippen molar-refractivity contribution in [2.24, 2.45) is 10.1 Å². The fraction of sp³-hybridized carbons (Fsp3) is 0.150. The summed E-state index contributed by atoms with van der Waals surface area (Å²) in [7, 11) is 0. The van der Waals surface area contributed by atoms with Crippen molar-refractivity contribution in [1.29, 1.82) is 0 Å². The predicted octanol–water partition coefficient (Wildman–Crippen LogP) is 3.89. The Morgan fingerprint density at radius 1 is 1.36 bits per heavy atom. The highest BCUT2D eigenvalue weighted by Gasteiger charge is 2.17. The monoisotopic (exact) mass is 410 g/mol. The molecule has 0 saturated carbocycles. The number of anilines is 1. The number of carbonyl (C=O) groups excluding carboxylic acids is 1.